The third-order valence-corrected chi connectivity index (χ3v) is 4.97. The summed E-state index contributed by atoms with van der Waals surface area (Å²) >= 11 is 5.83. The maximum atomic E-state index is 12.6. The molecule has 2 amide bonds. The maximum absolute atomic E-state index is 12.6. The van der Waals surface area contributed by atoms with Crippen LogP contribution in [0.25, 0.3) is 0 Å². The van der Waals surface area contributed by atoms with Crippen LogP contribution in [-0.2, 0) is 0 Å². The van der Waals surface area contributed by atoms with Crippen molar-refractivity contribution in [1.82, 2.24) is 19.9 Å². The largest absolute Gasteiger partial charge is 0.473 e. The van der Waals surface area contributed by atoms with E-state index in [1.807, 2.05) is 6.07 Å². The highest BCUT2D eigenvalue weighted by molar-refractivity contribution is 6.29. The first-order chi connectivity index (χ1) is 15.6. The van der Waals surface area contributed by atoms with E-state index >= 15 is 0 Å². The quantitative estimate of drug-likeness (QED) is 0.617. The van der Waals surface area contributed by atoms with Crippen molar-refractivity contribution >= 4 is 23.3 Å². The van der Waals surface area contributed by atoms with Crippen LogP contribution >= 0.6 is 11.6 Å². The van der Waals surface area contributed by atoms with Crippen LogP contribution in [0.5, 0.6) is 17.4 Å². The van der Waals surface area contributed by atoms with Gasteiger partial charge < -0.3 is 19.7 Å². The van der Waals surface area contributed by atoms with Crippen molar-refractivity contribution in [3.8, 4) is 23.4 Å². The van der Waals surface area contributed by atoms with Gasteiger partial charge in [0, 0.05) is 43.9 Å². The second-order valence-electron chi connectivity index (χ2n) is 7.03. The van der Waals surface area contributed by atoms with Gasteiger partial charge in [-0.25, -0.2) is 9.78 Å². The van der Waals surface area contributed by atoms with Crippen molar-refractivity contribution in [2.75, 3.05) is 18.4 Å². The van der Waals surface area contributed by atoms with E-state index in [0.717, 1.165) is 0 Å². The number of amides is 2. The summed E-state index contributed by atoms with van der Waals surface area (Å²) in [5, 5.41) is 12.1. The molecule has 1 aromatic carbocycles. The number of halogens is 1. The van der Waals surface area contributed by atoms with E-state index in [2.05, 4.69) is 20.3 Å². The Labute approximate surface area is 189 Å². The summed E-state index contributed by atoms with van der Waals surface area (Å²) in [7, 11) is 0. The summed E-state index contributed by atoms with van der Waals surface area (Å²) in [4.78, 5) is 26.3. The Morgan fingerprint density at radius 2 is 1.94 bits per heavy atom. The Bertz CT molecular complexity index is 1130. The standard InChI is InChI=1S/C22H19ClN6O3/c23-20-13-25-14-21(28-20)32-18-6-9-29(10-7-18)22(30)27-15-1-3-17(4-2-15)31-19-5-8-26-16(11-19)12-24/h1-5,8,11,13-14,18H,6-7,9-10H2,(H,27,30). The van der Waals surface area contributed by atoms with Crippen LogP contribution in [0.4, 0.5) is 10.5 Å². The zero-order valence-electron chi connectivity index (χ0n) is 16.9. The SMILES string of the molecule is N#Cc1cc(Oc2ccc(NC(=O)N3CCC(Oc4cncc(Cl)n4)CC3)cc2)ccn1. The maximum Gasteiger partial charge on any atom is 0.321 e. The average Bonchev–Trinajstić information content (AvgIpc) is 2.81. The third kappa shape index (κ3) is 5.62. The van der Waals surface area contributed by atoms with Gasteiger partial charge in [0.25, 0.3) is 0 Å². The molecule has 0 radical (unpaired) electrons. The number of carbonyl (C=O) groups excluding carboxylic acids is 1. The smallest absolute Gasteiger partial charge is 0.321 e. The number of nitriles is 1. The Hall–Kier alpha value is -3.90. The summed E-state index contributed by atoms with van der Waals surface area (Å²) < 4.78 is 11.5. The van der Waals surface area contributed by atoms with Crippen LogP contribution in [0, 0.1) is 11.3 Å². The molecule has 0 atom stereocenters. The van der Waals surface area contributed by atoms with E-state index in [0.29, 0.717) is 49.0 Å². The Morgan fingerprint density at radius 3 is 2.66 bits per heavy atom. The fraction of sp³-hybridized carbons (Fsp3) is 0.227. The van der Waals surface area contributed by atoms with Gasteiger partial charge in [0.2, 0.25) is 5.88 Å². The van der Waals surface area contributed by atoms with Crippen molar-refractivity contribution in [2.24, 2.45) is 0 Å². The van der Waals surface area contributed by atoms with E-state index in [-0.39, 0.29) is 23.0 Å². The fourth-order valence-corrected chi connectivity index (χ4v) is 3.35. The molecule has 4 rings (SSSR count). The van der Waals surface area contributed by atoms with Crippen LogP contribution < -0.4 is 14.8 Å². The lowest BCUT2D eigenvalue weighted by atomic mass is 10.1. The highest BCUT2D eigenvalue weighted by Crippen LogP contribution is 2.24. The molecule has 9 nitrogen and oxygen atoms in total. The molecule has 1 aliphatic rings. The lowest BCUT2D eigenvalue weighted by Gasteiger charge is -2.31. The van der Waals surface area contributed by atoms with Gasteiger partial charge in [-0.05, 0) is 30.3 Å². The summed E-state index contributed by atoms with van der Waals surface area (Å²) in [5.74, 6) is 1.49. The Balaban J connectivity index is 1.26. The number of nitrogens with zero attached hydrogens (tertiary/aromatic N) is 5. The molecule has 162 valence electrons. The average molecular weight is 451 g/mol. The van der Waals surface area contributed by atoms with Gasteiger partial charge >= 0.3 is 6.03 Å². The van der Waals surface area contributed by atoms with Crippen LogP contribution in [0.15, 0.2) is 55.0 Å². The van der Waals surface area contributed by atoms with Crippen LogP contribution in [0.1, 0.15) is 18.5 Å². The van der Waals surface area contributed by atoms with Gasteiger partial charge in [0.1, 0.15) is 29.4 Å². The van der Waals surface area contributed by atoms with Crippen molar-refractivity contribution in [3.63, 3.8) is 0 Å². The number of ether oxygens (including phenoxy) is 2. The number of pyridine rings is 1. The minimum absolute atomic E-state index is 0.0435. The van der Waals surface area contributed by atoms with Gasteiger partial charge in [-0.15, -0.1) is 0 Å². The number of aromatic nitrogens is 3. The number of benzene rings is 1. The minimum atomic E-state index is -0.174. The van der Waals surface area contributed by atoms with Gasteiger partial charge in [0.05, 0.1) is 12.4 Å². The van der Waals surface area contributed by atoms with Crippen molar-refractivity contribution in [2.45, 2.75) is 18.9 Å². The number of likely N-dealkylation sites (tertiary alicyclic amines) is 1. The molecular weight excluding hydrogens is 432 g/mol. The predicted octanol–water partition coefficient (Wildman–Crippen LogP) is 4.26. The van der Waals surface area contributed by atoms with Crippen molar-refractivity contribution < 1.29 is 14.3 Å². The van der Waals surface area contributed by atoms with Gasteiger partial charge in [0.15, 0.2) is 5.15 Å². The number of nitrogens with one attached hydrogen (secondary N) is 1. The number of urea groups is 1. The minimum Gasteiger partial charge on any atom is -0.473 e. The van der Waals surface area contributed by atoms with Crippen molar-refractivity contribution in [1.29, 1.82) is 5.26 Å². The summed E-state index contributed by atoms with van der Waals surface area (Å²) in [6, 6.07) is 12.0. The van der Waals surface area contributed by atoms with E-state index in [1.165, 1.54) is 18.6 Å². The van der Waals surface area contributed by atoms with Crippen LogP contribution in [0.3, 0.4) is 0 Å². The number of piperidine rings is 1. The number of rotatable bonds is 5. The number of hydrogen-bond acceptors (Lipinski definition) is 7. The molecule has 1 N–H and O–H groups in total. The molecule has 32 heavy (non-hydrogen) atoms. The van der Waals surface area contributed by atoms with Gasteiger partial charge in [-0.1, -0.05) is 11.6 Å². The number of hydrogen-bond donors (Lipinski definition) is 1. The molecule has 0 spiro atoms. The highest BCUT2D eigenvalue weighted by atomic mass is 35.5. The Kier molecular flexibility index (Phi) is 6.63. The summed E-state index contributed by atoms with van der Waals surface area (Å²) in [6.07, 6.45) is 5.81. The lowest BCUT2D eigenvalue weighted by molar-refractivity contribution is 0.111. The molecule has 0 bridgehead atoms. The molecule has 0 saturated carbocycles. The molecule has 10 heteroatoms. The molecule has 0 aliphatic carbocycles. The molecule has 0 unspecified atom stereocenters. The molecular formula is C22H19ClN6O3. The zero-order chi connectivity index (χ0) is 22.3. The summed E-state index contributed by atoms with van der Waals surface area (Å²) in [5.41, 5.74) is 0.934. The van der Waals surface area contributed by atoms with Crippen LogP contribution in [0.2, 0.25) is 5.15 Å². The molecule has 3 heterocycles. The molecule has 1 saturated heterocycles. The van der Waals surface area contributed by atoms with Gasteiger partial charge in [-0.3, -0.25) is 4.98 Å². The van der Waals surface area contributed by atoms with E-state index in [1.54, 1.807) is 41.3 Å². The summed E-state index contributed by atoms with van der Waals surface area (Å²) in [6.45, 7) is 1.13. The second-order valence-corrected chi connectivity index (χ2v) is 7.42. The monoisotopic (exact) mass is 450 g/mol. The van der Waals surface area contributed by atoms with Crippen molar-refractivity contribution in [3.05, 3.63) is 65.8 Å². The molecule has 1 aliphatic heterocycles. The molecule has 2 aromatic heterocycles. The Morgan fingerprint density at radius 1 is 1.16 bits per heavy atom. The number of carbonyl (C=O) groups is 1. The first-order valence-corrected chi connectivity index (χ1v) is 10.3. The zero-order valence-corrected chi connectivity index (χ0v) is 17.7. The predicted molar refractivity (Wildman–Crippen MR) is 117 cm³/mol. The van der Waals surface area contributed by atoms with E-state index in [9.17, 15) is 4.79 Å². The van der Waals surface area contributed by atoms with E-state index < -0.39 is 0 Å². The van der Waals surface area contributed by atoms with Crippen LogP contribution in [-0.4, -0.2) is 45.1 Å². The first kappa shape index (κ1) is 21.3. The normalized spacial score (nSPS) is 13.8. The lowest BCUT2D eigenvalue weighted by Crippen LogP contribution is -2.43. The fourth-order valence-electron chi connectivity index (χ4n) is 3.21. The molecule has 3 aromatic rings. The molecule has 1 fully saturated rings. The highest BCUT2D eigenvalue weighted by Gasteiger charge is 2.24. The first-order valence-electron chi connectivity index (χ1n) is 9.93. The number of anilines is 1. The third-order valence-electron chi connectivity index (χ3n) is 4.79. The van der Waals surface area contributed by atoms with Gasteiger partial charge in [-0.2, -0.15) is 10.2 Å². The topological polar surface area (TPSA) is 113 Å². The van der Waals surface area contributed by atoms with E-state index in [4.69, 9.17) is 26.3 Å². The second kappa shape index (κ2) is 9.94.